The zero-order valence-corrected chi connectivity index (χ0v) is 13.5. The lowest BCUT2D eigenvalue weighted by molar-refractivity contribution is -0.135. The van der Waals surface area contributed by atoms with Crippen LogP contribution in [-0.2, 0) is 4.79 Å². The van der Waals surface area contributed by atoms with Crippen LogP contribution >= 0.6 is 23.2 Å². The number of benzene rings is 1. The fourth-order valence-electron chi connectivity index (χ4n) is 2.57. The molecule has 1 heterocycles. The lowest BCUT2D eigenvalue weighted by Crippen LogP contribution is -2.48. The number of likely N-dealkylation sites (tertiary alicyclic amines) is 1. The van der Waals surface area contributed by atoms with Crippen molar-refractivity contribution < 1.29 is 9.53 Å². The Morgan fingerprint density at radius 2 is 2.24 bits per heavy atom. The first kappa shape index (κ1) is 16.4. The standard InChI is InChI=1S/C15H20Cl2N2O2/c1-10-9-11(18)5-7-19(10)14(20)6-8-21-13-4-2-3-12(16)15(13)17/h2-4,10-11H,5-9,18H2,1H3/t10-,11-/m0/s1. The number of hydrogen-bond donors (Lipinski definition) is 1. The quantitative estimate of drug-likeness (QED) is 0.922. The summed E-state index contributed by atoms with van der Waals surface area (Å²) in [5.74, 6) is 0.596. The molecule has 2 atom stereocenters. The van der Waals surface area contributed by atoms with Crippen LogP contribution in [0.25, 0.3) is 0 Å². The molecule has 0 saturated carbocycles. The number of carbonyl (C=O) groups is 1. The number of nitrogens with zero attached hydrogens (tertiary/aromatic N) is 1. The summed E-state index contributed by atoms with van der Waals surface area (Å²) in [6, 6.07) is 5.59. The molecule has 0 spiro atoms. The van der Waals surface area contributed by atoms with Gasteiger partial charge in [0.25, 0.3) is 0 Å². The summed E-state index contributed by atoms with van der Waals surface area (Å²) in [7, 11) is 0. The topological polar surface area (TPSA) is 55.6 Å². The normalized spacial score (nSPS) is 22.2. The summed E-state index contributed by atoms with van der Waals surface area (Å²) >= 11 is 11.9. The Bertz CT molecular complexity index is 510. The zero-order valence-electron chi connectivity index (χ0n) is 12.0. The molecule has 1 saturated heterocycles. The minimum absolute atomic E-state index is 0.0903. The lowest BCUT2D eigenvalue weighted by atomic mass is 9.99. The number of piperidine rings is 1. The maximum Gasteiger partial charge on any atom is 0.226 e. The van der Waals surface area contributed by atoms with Crippen molar-refractivity contribution in [2.75, 3.05) is 13.2 Å². The van der Waals surface area contributed by atoms with Gasteiger partial charge in [-0.05, 0) is 31.9 Å². The van der Waals surface area contributed by atoms with Gasteiger partial charge in [-0.1, -0.05) is 29.3 Å². The molecule has 4 nitrogen and oxygen atoms in total. The number of ether oxygens (including phenoxy) is 1. The molecule has 2 rings (SSSR count). The number of hydrogen-bond acceptors (Lipinski definition) is 3. The van der Waals surface area contributed by atoms with Crippen molar-refractivity contribution in [2.24, 2.45) is 5.73 Å². The molecule has 1 aromatic rings. The third-order valence-electron chi connectivity index (χ3n) is 3.73. The Hall–Kier alpha value is -0.970. The predicted octanol–water partition coefficient (Wildman–Crippen LogP) is 3.10. The lowest BCUT2D eigenvalue weighted by Gasteiger charge is -2.36. The van der Waals surface area contributed by atoms with Gasteiger partial charge in [0.05, 0.1) is 18.1 Å². The monoisotopic (exact) mass is 330 g/mol. The molecule has 0 aromatic heterocycles. The first-order chi connectivity index (χ1) is 9.99. The van der Waals surface area contributed by atoms with Crippen LogP contribution in [0.1, 0.15) is 26.2 Å². The molecule has 0 bridgehead atoms. The van der Waals surface area contributed by atoms with Crippen molar-refractivity contribution in [1.29, 1.82) is 0 Å². The van der Waals surface area contributed by atoms with E-state index in [4.69, 9.17) is 33.7 Å². The van der Waals surface area contributed by atoms with Gasteiger partial charge in [-0.3, -0.25) is 4.79 Å². The molecule has 1 amide bonds. The second-order valence-electron chi connectivity index (χ2n) is 5.37. The first-order valence-corrected chi connectivity index (χ1v) is 7.86. The highest BCUT2D eigenvalue weighted by Crippen LogP contribution is 2.31. The van der Waals surface area contributed by atoms with E-state index in [1.54, 1.807) is 18.2 Å². The van der Waals surface area contributed by atoms with E-state index in [2.05, 4.69) is 0 Å². The molecule has 1 fully saturated rings. The van der Waals surface area contributed by atoms with Crippen molar-refractivity contribution in [3.63, 3.8) is 0 Å². The summed E-state index contributed by atoms with van der Waals surface area (Å²) in [4.78, 5) is 14.1. The van der Waals surface area contributed by atoms with Crippen molar-refractivity contribution in [1.82, 2.24) is 4.90 Å². The van der Waals surface area contributed by atoms with Gasteiger partial charge in [-0.15, -0.1) is 0 Å². The molecular formula is C15H20Cl2N2O2. The van der Waals surface area contributed by atoms with Crippen LogP contribution < -0.4 is 10.5 Å². The fourth-order valence-corrected chi connectivity index (χ4v) is 2.91. The predicted molar refractivity (Wildman–Crippen MR) is 85.0 cm³/mol. The van der Waals surface area contributed by atoms with Gasteiger partial charge >= 0.3 is 0 Å². The van der Waals surface area contributed by atoms with Gasteiger partial charge < -0.3 is 15.4 Å². The van der Waals surface area contributed by atoms with Crippen LogP contribution in [0.5, 0.6) is 5.75 Å². The Morgan fingerprint density at radius 1 is 1.48 bits per heavy atom. The van der Waals surface area contributed by atoms with Gasteiger partial charge in [0.15, 0.2) is 0 Å². The van der Waals surface area contributed by atoms with Crippen LogP contribution in [0.2, 0.25) is 10.0 Å². The van der Waals surface area contributed by atoms with E-state index < -0.39 is 0 Å². The van der Waals surface area contributed by atoms with Gasteiger partial charge in [-0.25, -0.2) is 0 Å². The highest BCUT2D eigenvalue weighted by Gasteiger charge is 2.26. The summed E-state index contributed by atoms with van der Waals surface area (Å²) in [5.41, 5.74) is 5.90. The minimum Gasteiger partial charge on any atom is -0.491 e. The largest absolute Gasteiger partial charge is 0.491 e. The molecule has 2 N–H and O–H groups in total. The SMILES string of the molecule is C[C@H]1C[C@@H](N)CCN1C(=O)CCOc1cccc(Cl)c1Cl. The van der Waals surface area contributed by atoms with Crippen molar-refractivity contribution in [2.45, 2.75) is 38.3 Å². The Morgan fingerprint density at radius 3 is 2.95 bits per heavy atom. The van der Waals surface area contributed by atoms with Crippen LogP contribution in [0.15, 0.2) is 18.2 Å². The van der Waals surface area contributed by atoms with E-state index in [-0.39, 0.29) is 24.6 Å². The number of rotatable bonds is 4. The van der Waals surface area contributed by atoms with Crippen molar-refractivity contribution >= 4 is 29.1 Å². The van der Waals surface area contributed by atoms with E-state index in [0.717, 1.165) is 19.4 Å². The van der Waals surface area contributed by atoms with E-state index in [1.807, 2.05) is 11.8 Å². The molecule has 0 radical (unpaired) electrons. The zero-order chi connectivity index (χ0) is 15.4. The minimum atomic E-state index is 0.0903. The smallest absolute Gasteiger partial charge is 0.226 e. The maximum atomic E-state index is 12.2. The maximum absolute atomic E-state index is 12.2. The van der Waals surface area contributed by atoms with Crippen molar-refractivity contribution in [3.05, 3.63) is 28.2 Å². The molecule has 116 valence electrons. The summed E-state index contributed by atoms with van der Waals surface area (Å²) in [6.45, 7) is 3.04. The highest BCUT2D eigenvalue weighted by atomic mass is 35.5. The Labute approximate surface area is 135 Å². The van der Waals surface area contributed by atoms with E-state index >= 15 is 0 Å². The van der Waals surface area contributed by atoms with E-state index in [9.17, 15) is 4.79 Å². The van der Waals surface area contributed by atoms with Crippen LogP contribution in [0.4, 0.5) is 0 Å². The van der Waals surface area contributed by atoms with Crippen molar-refractivity contribution in [3.8, 4) is 5.75 Å². The third kappa shape index (κ3) is 4.25. The van der Waals surface area contributed by atoms with Crippen LogP contribution in [0.3, 0.4) is 0 Å². The molecule has 1 aromatic carbocycles. The van der Waals surface area contributed by atoms with Crippen LogP contribution in [-0.4, -0.2) is 36.0 Å². The molecule has 1 aliphatic heterocycles. The first-order valence-electron chi connectivity index (χ1n) is 7.11. The number of amides is 1. The Kier molecular flexibility index (Phi) is 5.73. The average Bonchev–Trinajstić information content (AvgIpc) is 2.43. The molecule has 6 heteroatoms. The van der Waals surface area contributed by atoms with Gasteiger partial charge in [0.2, 0.25) is 5.91 Å². The summed E-state index contributed by atoms with van der Waals surface area (Å²) in [6.07, 6.45) is 2.03. The Balaban J connectivity index is 1.83. The second kappa shape index (κ2) is 7.34. The number of halogens is 2. The number of carbonyl (C=O) groups excluding carboxylic acids is 1. The molecular weight excluding hydrogens is 311 g/mol. The van der Waals surface area contributed by atoms with Gasteiger partial charge in [0.1, 0.15) is 10.8 Å². The fraction of sp³-hybridized carbons (Fsp3) is 0.533. The number of nitrogens with two attached hydrogens (primary N) is 1. The molecule has 21 heavy (non-hydrogen) atoms. The molecule has 0 unspecified atom stereocenters. The van der Waals surface area contributed by atoms with Gasteiger partial charge in [-0.2, -0.15) is 0 Å². The molecule has 1 aliphatic rings. The second-order valence-corrected chi connectivity index (χ2v) is 6.16. The highest BCUT2D eigenvalue weighted by molar-refractivity contribution is 6.42. The van der Waals surface area contributed by atoms with E-state index in [0.29, 0.717) is 22.2 Å². The summed E-state index contributed by atoms with van der Waals surface area (Å²) < 4.78 is 5.55. The molecule has 0 aliphatic carbocycles. The average molecular weight is 331 g/mol. The van der Waals surface area contributed by atoms with E-state index in [1.165, 1.54) is 0 Å². The van der Waals surface area contributed by atoms with Gasteiger partial charge in [0, 0.05) is 18.6 Å². The summed E-state index contributed by atoms with van der Waals surface area (Å²) in [5, 5.41) is 0.822. The van der Waals surface area contributed by atoms with Crippen LogP contribution in [0, 0.1) is 0 Å². The third-order valence-corrected chi connectivity index (χ3v) is 4.53.